The molecule has 0 aliphatic carbocycles. The van der Waals surface area contributed by atoms with Crippen LogP contribution in [-0.2, 0) is 57.0 Å². The van der Waals surface area contributed by atoms with Crippen LogP contribution in [-0.4, -0.2) is 276 Å². The van der Waals surface area contributed by atoms with Gasteiger partial charge in [-0.1, -0.05) is 0 Å². The Kier molecular flexibility index (Phi) is 19.1. The van der Waals surface area contributed by atoms with E-state index in [0.29, 0.717) is 0 Å². The summed E-state index contributed by atoms with van der Waals surface area (Å²) in [5.74, 6) is -2.29. The van der Waals surface area contributed by atoms with Crippen molar-refractivity contribution in [1.82, 2.24) is 16.0 Å². The molecule has 5 rings (SSSR count). The lowest BCUT2D eigenvalue weighted by Gasteiger charge is -2.51. The van der Waals surface area contributed by atoms with E-state index in [0.717, 1.165) is 20.8 Å². The molecule has 0 aromatic rings. The molecule has 5 fully saturated rings. The Morgan fingerprint density at radius 1 is 0.369 bits per heavy atom. The second kappa shape index (κ2) is 23.2. The normalized spacial score (nSPS) is 47.1. The molecule has 5 aliphatic rings. The second-order valence-corrected chi connectivity index (χ2v) is 16.2. The van der Waals surface area contributed by atoms with Crippen molar-refractivity contribution in [3.8, 4) is 0 Å². The summed E-state index contributed by atoms with van der Waals surface area (Å²) in [6.45, 7) is -1.70. The van der Waals surface area contributed by atoms with Crippen molar-refractivity contribution in [2.45, 2.75) is 174 Å². The molecule has 0 bridgehead atoms. The maximum absolute atomic E-state index is 12.3. The highest BCUT2D eigenvalue weighted by Crippen LogP contribution is 2.37. The molecular formula is C36H61N3O26. The Morgan fingerprint density at radius 2 is 0.723 bits per heavy atom. The van der Waals surface area contributed by atoms with E-state index in [1.54, 1.807) is 0 Å². The average Bonchev–Trinajstić information content (AvgIpc) is 3.26. The minimum atomic E-state index is -2.28. The molecule has 3 amide bonds. The van der Waals surface area contributed by atoms with E-state index in [4.69, 9.17) is 42.6 Å². The van der Waals surface area contributed by atoms with Crippen LogP contribution in [0.5, 0.6) is 0 Å². The number of aliphatic hydroxyl groups is 14. The monoisotopic (exact) mass is 951 g/mol. The zero-order valence-corrected chi connectivity index (χ0v) is 35.1. The van der Waals surface area contributed by atoms with Crippen LogP contribution in [0.1, 0.15) is 20.8 Å². The minimum absolute atomic E-state index is 0.735. The third-order valence-electron chi connectivity index (χ3n) is 11.5. The van der Waals surface area contributed by atoms with Crippen molar-refractivity contribution in [1.29, 1.82) is 0 Å². The molecule has 0 radical (unpaired) electrons. The highest BCUT2D eigenvalue weighted by atomic mass is 16.8. The van der Waals surface area contributed by atoms with Crippen molar-refractivity contribution in [2.75, 3.05) is 33.0 Å². The van der Waals surface area contributed by atoms with Crippen molar-refractivity contribution in [2.24, 2.45) is 0 Å². The Labute approximate surface area is 369 Å². The molecule has 2 unspecified atom stereocenters. The van der Waals surface area contributed by atoms with Gasteiger partial charge in [0.2, 0.25) is 17.7 Å². The topological polar surface area (TPSA) is 454 Å². The lowest BCUT2D eigenvalue weighted by atomic mass is 9.94. The van der Waals surface area contributed by atoms with E-state index in [2.05, 4.69) is 16.0 Å². The molecule has 0 aromatic heterocycles. The van der Waals surface area contributed by atoms with Crippen LogP contribution < -0.4 is 16.0 Å². The highest BCUT2D eigenvalue weighted by Gasteiger charge is 2.58. The van der Waals surface area contributed by atoms with Gasteiger partial charge in [-0.3, -0.25) is 14.4 Å². The number of hydrogen-bond acceptors (Lipinski definition) is 26. The van der Waals surface area contributed by atoms with E-state index < -0.39 is 204 Å². The van der Waals surface area contributed by atoms with E-state index >= 15 is 0 Å². The van der Waals surface area contributed by atoms with Crippen LogP contribution >= 0.6 is 0 Å². The maximum atomic E-state index is 12.3. The fourth-order valence-corrected chi connectivity index (χ4v) is 8.22. The molecule has 0 saturated carbocycles. The molecule has 5 saturated heterocycles. The first-order valence-corrected chi connectivity index (χ1v) is 20.6. The van der Waals surface area contributed by atoms with E-state index in [1.165, 1.54) is 0 Å². The molecule has 65 heavy (non-hydrogen) atoms. The number of nitrogens with one attached hydrogen (secondary N) is 3. The Hall–Kier alpha value is -2.51. The molecule has 17 N–H and O–H groups in total. The molecule has 0 aromatic carbocycles. The number of amides is 3. The van der Waals surface area contributed by atoms with Gasteiger partial charge in [0.05, 0.1) is 33.0 Å². The predicted molar refractivity (Wildman–Crippen MR) is 201 cm³/mol. The van der Waals surface area contributed by atoms with Gasteiger partial charge in [0.25, 0.3) is 0 Å². The highest BCUT2D eigenvalue weighted by molar-refractivity contribution is 5.74. The van der Waals surface area contributed by atoms with Gasteiger partial charge in [-0.25, -0.2) is 0 Å². The van der Waals surface area contributed by atoms with Crippen LogP contribution in [0.2, 0.25) is 0 Å². The summed E-state index contributed by atoms with van der Waals surface area (Å²) in [5.41, 5.74) is 0. The van der Waals surface area contributed by atoms with Crippen molar-refractivity contribution < 1.29 is 129 Å². The number of rotatable bonds is 16. The van der Waals surface area contributed by atoms with E-state index in [1.807, 2.05) is 0 Å². The van der Waals surface area contributed by atoms with Crippen molar-refractivity contribution >= 4 is 17.7 Å². The summed E-state index contributed by atoms with van der Waals surface area (Å²) >= 11 is 0. The molecule has 376 valence electrons. The molecule has 29 nitrogen and oxygen atoms in total. The summed E-state index contributed by atoms with van der Waals surface area (Å²) in [5, 5.41) is 157. The minimum Gasteiger partial charge on any atom is -0.394 e. The predicted octanol–water partition coefficient (Wildman–Crippen LogP) is -11.5. The van der Waals surface area contributed by atoms with Crippen molar-refractivity contribution in [3.63, 3.8) is 0 Å². The third-order valence-corrected chi connectivity index (χ3v) is 11.5. The summed E-state index contributed by atoms with van der Waals surface area (Å²) in [7, 11) is 0. The van der Waals surface area contributed by atoms with Gasteiger partial charge in [-0.15, -0.1) is 0 Å². The van der Waals surface area contributed by atoms with Gasteiger partial charge in [0.15, 0.2) is 31.5 Å². The van der Waals surface area contributed by atoms with Crippen LogP contribution in [0.3, 0.4) is 0 Å². The summed E-state index contributed by atoms with van der Waals surface area (Å²) < 4.78 is 52.7. The first kappa shape index (κ1) is 53.4. The lowest BCUT2D eigenvalue weighted by molar-refractivity contribution is -0.401. The van der Waals surface area contributed by atoms with E-state index in [-0.39, 0.29) is 0 Å². The zero-order valence-electron chi connectivity index (χ0n) is 35.1. The molecule has 25 atom stereocenters. The Balaban J connectivity index is 1.57. The van der Waals surface area contributed by atoms with E-state index in [9.17, 15) is 85.9 Å². The number of carbonyl (C=O) groups excluding carboxylic acids is 3. The maximum Gasteiger partial charge on any atom is 0.217 e. The summed E-state index contributed by atoms with van der Waals surface area (Å²) in [4.78, 5) is 36.4. The third kappa shape index (κ3) is 11.9. The number of hydrogen-bond donors (Lipinski definition) is 17. The first-order valence-electron chi connectivity index (χ1n) is 20.6. The van der Waals surface area contributed by atoms with Gasteiger partial charge in [0.1, 0.15) is 122 Å². The van der Waals surface area contributed by atoms with Gasteiger partial charge < -0.3 is 130 Å². The Morgan fingerprint density at radius 3 is 1.17 bits per heavy atom. The fourth-order valence-electron chi connectivity index (χ4n) is 8.22. The summed E-state index contributed by atoms with van der Waals surface area (Å²) in [6.07, 6.45) is -41.7. The number of ether oxygens (including phenoxy) is 9. The van der Waals surface area contributed by atoms with Crippen molar-refractivity contribution in [3.05, 3.63) is 0 Å². The average molecular weight is 952 g/mol. The van der Waals surface area contributed by atoms with Crippen LogP contribution in [0.4, 0.5) is 0 Å². The molecular weight excluding hydrogens is 890 g/mol. The lowest BCUT2D eigenvalue weighted by Crippen LogP contribution is -2.70. The van der Waals surface area contributed by atoms with Gasteiger partial charge in [-0.2, -0.15) is 0 Å². The fraction of sp³-hybridized carbons (Fsp3) is 0.917. The smallest absolute Gasteiger partial charge is 0.217 e. The quantitative estimate of drug-likeness (QED) is 0.0683. The van der Waals surface area contributed by atoms with Crippen LogP contribution in [0, 0.1) is 0 Å². The standard InChI is InChI=1S/C36H61N3O26/c1-9(45)37-17-25(53)28(15(7-43)57-32(17)56)62-35-27(55)30(29(16(8-44)61-35)63-33-18(38-10(2)46)23(51)20(48)12(4-40)58-33)64-36-31(26(54)22(50)14(6-42)60-36)65-34-19(39-11(3)47)24(52)21(49)13(5-41)59-34/h12-36,40-44,48-56H,4-8H2,1-3H3,(H,37,45)(H,38,46)(H,39,47)/t12-,13-,14-,15-,16-,17-,18-,19-,20-,21-,22-,23-,24-,25-,26+,27+,28-,29-,30-,31+,32?,33?,34+,35+,36-/m1/s1. The molecule has 5 aliphatic heterocycles. The Bertz CT molecular complexity index is 1560. The second-order valence-electron chi connectivity index (χ2n) is 16.2. The largest absolute Gasteiger partial charge is 0.394 e. The zero-order chi connectivity index (χ0) is 48.2. The SMILES string of the molecule is CC(=O)N[C@H]1[C@H](O[C@@H]2[C@@H](O[C@@H]3[C@H](O)[C@H](O[C@H]4[C@H](O)[C@@H](NC(C)=O)C(O)O[C@@H]4CO)O[C@H](CO)[C@H]3OC3O[C@H](CO)[C@@H](O)[C@H](O)[C@H]3NC(C)=O)O[C@H](CO)[C@@H](O)[C@@H]2O)O[C@H](CO)[C@@H](O)[C@@H]1O. The first-order chi connectivity index (χ1) is 30.7. The number of carbonyl (C=O) groups is 3. The van der Waals surface area contributed by atoms with Gasteiger partial charge >= 0.3 is 0 Å². The number of aliphatic hydroxyl groups excluding tert-OH is 14. The van der Waals surface area contributed by atoms with Gasteiger partial charge in [-0.05, 0) is 0 Å². The summed E-state index contributed by atoms with van der Waals surface area (Å²) in [6, 6.07) is -4.88. The molecule has 5 heterocycles. The molecule has 29 heteroatoms. The van der Waals surface area contributed by atoms with Crippen LogP contribution in [0.25, 0.3) is 0 Å². The van der Waals surface area contributed by atoms with Gasteiger partial charge in [0, 0.05) is 20.8 Å². The molecule has 0 spiro atoms. The van der Waals surface area contributed by atoms with Crippen LogP contribution in [0.15, 0.2) is 0 Å².